The van der Waals surface area contributed by atoms with Crippen LogP contribution in [0.1, 0.15) is 46.5 Å². The Kier molecular flexibility index (Phi) is 6.71. The van der Waals surface area contributed by atoms with Crippen LogP contribution >= 0.6 is 0 Å². The van der Waals surface area contributed by atoms with Crippen molar-refractivity contribution in [1.82, 2.24) is 5.32 Å². The van der Waals surface area contributed by atoms with Gasteiger partial charge in [-0.05, 0) is 43.2 Å². The van der Waals surface area contributed by atoms with Crippen molar-refractivity contribution in [2.75, 3.05) is 12.4 Å². The maximum atomic E-state index is 12.5. The van der Waals surface area contributed by atoms with E-state index in [2.05, 4.69) is 10.6 Å². The second-order valence-corrected chi connectivity index (χ2v) is 5.91. The molecule has 5 nitrogen and oxygen atoms in total. The van der Waals surface area contributed by atoms with Gasteiger partial charge in [0.1, 0.15) is 0 Å². The van der Waals surface area contributed by atoms with Gasteiger partial charge in [0.15, 0.2) is 0 Å². The van der Waals surface area contributed by atoms with Crippen molar-refractivity contribution < 1.29 is 14.3 Å². The quantitative estimate of drug-likeness (QED) is 0.809. The van der Waals surface area contributed by atoms with Crippen molar-refractivity contribution in [1.29, 1.82) is 0 Å². The van der Waals surface area contributed by atoms with E-state index in [4.69, 9.17) is 4.74 Å². The first-order valence-electron chi connectivity index (χ1n) is 8.34. The maximum absolute atomic E-state index is 12.5. The summed E-state index contributed by atoms with van der Waals surface area (Å²) in [5.74, 6) is -0.451. The molecule has 2 amide bonds. The average Bonchev–Trinajstić information content (AvgIpc) is 2.62. The monoisotopic (exact) mass is 340 g/mol. The number of methoxy groups -OCH3 is 1. The zero-order chi connectivity index (χ0) is 18.2. The molecule has 0 radical (unpaired) electrons. The highest BCUT2D eigenvalue weighted by Crippen LogP contribution is 2.17. The lowest BCUT2D eigenvalue weighted by atomic mass is 10.1. The molecule has 2 rings (SSSR count). The number of carbonyl (C=O) groups is 2. The zero-order valence-corrected chi connectivity index (χ0v) is 14.8. The Hall–Kier alpha value is -2.66. The highest BCUT2D eigenvalue weighted by molar-refractivity contribution is 6.09. The molecule has 0 bridgehead atoms. The van der Waals surface area contributed by atoms with Crippen LogP contribution in [-0.4, -0.2) is 25.0 Å². The van der Waals surface area contributed by atoms with Gasteiger partial charge in [-0.25, -0.2) is 0 Å². The summed E-state index contributed by atoms with van der Waals surface area (Å²) in [6.07, 6.45) is 0.841. The van der Waals surface area contributed by atoms with Crippen LogP contribution < -0.4 is 10.6 Å². The predicted molar refractivity (Wildman–Crippen MR) is 98.8 cm³/mol. The van der Waals surface area contributed by atoms with Crippen molar-refractivity contribution in [3.05, 3.63) is 65.2 Å². The lowest BCUT2D eigenvalue weighted by molar-refractivity contribution is 0.0940. The van der Waals surface area contributed by atoms with E-state index in [1.807, 2.05) is 26.0 Å². The largest absolute Gasteiger partial charge is 0.380 e. The molecule has 0 aliphatic carbocycles. The molecule has 0 saturated carbocycles. The molecular formula is C20H24N2O3. The van der Waals surface area contributed by atoms with Gasteiger partial charge < -0.3 is 15.4 Å². The van der Waals surface area contributed by atoms with Crippen molar-refractivity contribution in [3.8, 4) is 0 Å². The molecule has 132 valence electrons. The number of amides is 2. The van der Waals surface area contributed by atoms with Gasteiger partial charge in [0, 0.05) is 18.7 Å². The minimum atomic E-state index is -0.257. The second kappa shape index (κ2) is 8.99. The first-order valence-corrected chi connectivity index (χ1v) is 8.34. The topological polar surface area (TPSA) is 67.4 Å². The summed E-state index contributed by atoms with van der Waals surface area (Å²) in [7, 11) is 1.63. The summed E-state index contributed by atoms with van der Waals surface area (Å²) < 4.78 is 5.06. The molecule has 2 aromatic rings. The summed E-state index contributed by atoms with van der Waals surface area (Å²) in [6.45, 7) is 4.45. The molecule has 5 heteroatoms. The Morgan fingerprint density at radius 1 is 1.04 bits per heavy atom. The Balaban J connectivity index is 2.14. The first kappa shape index (κ1) is 18.7. The normalized spacial score (nSPS) is 11.6. The smallest absolute Gasteiger partial charge is 0.255 e. The summed E-state index contributed by atoms with van der Waals surface area (Å²) in [6, 6.07) is 14.2. The molecule has 25 heavy (non-hydrogen) atoms. The number of rotatable bonds is 7. The molecule has 1 unspecified atom stereocenters. The fourth-order valence-electron chi connectivity index (χ4n) is 2.31. The van der Waals surface area contributed by atoms with E-state index >= 15 is 0 Å². The van der Waals surface area contributed by atoms with E-state index in [9.17, 15) is 9.59 Å². The number of ether oxygens (including phenoxy) is 1. The molecule has 2 N–H and O–H groups in total. The Bertz CT molecular complexity index is 726. The minimum Gasteiger partial charge on any atom is -0.380 e. The van der Waals surface area contributed by atoms with Crippen LogP contribution in [0.25, 0.3) is 0 Å². The molecule has 0 fully saturated rings. The summed E-state index contributed by atoms with van der Waals surface area (Å²) >= 11 is 0. The van der Waals surface area contributed by atoms with Crippen LogP contribution in [0.5, 0.6) is 0 Å². The van der Waals surface area contributed by atoms with Crippen molar-refractivity contribution in [2.24, 2.45) is 0 Å². The molecule has 0 saturated heterocycles. The van der Waals surface area contributed by atoms with Gasteiger partial charge in [0.05, 0.1) is 17.9 Å². The molecule has 2 aromatic carbocycles. The lowest BCUT2D eigenvalue weighted by Crippen LogP contribution is -2.32. The van der Waals surface area contributed by atoms with Crippen molar-refractivity contribution in [3.63, 3.8) is 0 Å². The van der Waals surface area contributed by atoms with E-state index in [0.29, 0.717) is 23.4 Å². The summed E-state index contributed by atoms with van der Waals surface area (Å²) in [5.41, 5.74) is 2.46. The molecule has 0 spiro atoms. The minimum absolute atomic E-state index is 0.0737. The molecule has 1 atom stereocenters. The molecule has 0 heterocycles. The third-order valence-electron chi connectivity index (χ3n) is 3.94. The number of nitrogens with one attached hydrogen (secondary N) is 2. The van der Waals surface area contributed by atoms with Gasteiger partial charge in [-0.1, -0.05) is 31.2 Å². The van der Waals surface area contributed by atoms with Crippen LogP contribution in [0.2, 0.25) is 0 Å². The molecule has 0 aliphatic rings. The van der Waals surface area contributed by atoms with Crippen LogP contribution in [-0.2, 0) is 11.3 Å². The van der Waals surface area contributed by atoms with E-state index < -0.39 is 0 Å². The fourth-order valence-corrected chi connectivity index (χ4v) is 2.31. The van der Waals surface area contributed by atoms with Gasteiger partial charge in [0.25, 0.3) is 11.8 Å². The van der Waals surface area contributed by atoms with Crippen LogP contribution in [0.15, 0.2) is 48.5 Å². The standard InChI is InChI=1S/C20H24N2O3/c1-4-14(2)21-20(24)17-7-5-6-8-18(17)22-19(23)16-11-9-15(10-12-16)13-25-3/h5-12,14H,4,13H2,1-3H3,(H,21,24)(H,22,23). The van der Waals surface area contributed by atoms with E-state index in [0.717, 1.165) is 12.0 Å². The lowest BCUT2D eigenvalue weighted by Gasteiger charge is -2.14. The number of hydrogen-bond acceptors (Lipinski definition) is 3. The number of benzene rings is 2. The third kappa shape index (κ3) is 5.16. The predicted octanol–water partition coefficient (Wildman–Crippen LogP) is 3.61. The zero-order valence-electron chi connectivity index (χ0n) is 14.8. The third-order valence-corrected chi connectivity index (χ3v) is 3.94. The Morgan fingerprint density at radius 2 is 1.72 bits per heavy atom. The highest BCUT2D eigenvalue weighted by atomic mass is 16.5. The van der Waals surface area contributed by atoms with Crippen molar-refractivity contribution >= 4 is 17.5 Å². The number of anilines is 1. The summed E-state index contributed by atoms with van der Waals surface area (Å²) in [5, 5.41) is 5.74. The molecule has 0 aromatic heterocycles. The van der Waals surface area contributed by atoms with Crippen LogP contribution in [0.4, 0.5) is 5.69 Å². The molecule has 0 aliphatic heterocycles. The Morgan fingerprint density at radius 3 is 2.36 bits per heavy atom. The van der Waals surface area contributed by atoms with E-state index in [1.54, 1.807) is 43.5 Å². The van der Waals surface area contributed by atoms with Crippen molar-refractivity contribution in [2.45, 2.75) is 32.9 Å². The highest BCUT2D eigenvalue weighted by Gasteiger charge is 2.15. The van der Waals surface area contributed by atoms with E-state index in [-0.39, 0.29) is 17.9 Å². The number of hydrogen-bond donors (Lipinski definition) is 2. The first-order chi connectivity index (χ1) is 12.0. The summed E-state index contributed by atoms with van der Waals surface area (Å²) in [4.78, 5) is 24.9. The SMILES string of the molecule is CCC(C)NC(=O)c1ccccc1NC(=O)c1ccc(COC)cc1. The van der Waals surface area contributed by atoms with Crippen LogP contribution in [0.3, 0.4) is 0 Å². The maximum Gasteiger partial charge on any atom is 0.255 e. The van der Waals surface area contributed by atoms with Gasteiger partial charge >= 0.3 is 0 Å². The Labute approximate surface area is 148 Å². The van der Waals surface area contributed by atoms with Gasteiger partial charge in [-0.15, -0.1) is 0 Å². The molecular weight excluding hydrogens is 316 g/mol. The second-order valence-electron chi connectivity index (χ2n) is 5.91. The number of carbonyl (C=O) groups excluding carboxylic acids is 2. The fraction of sp³-hybridized carbons (Fsp3) is 0.300. The van der Waals surface area contributed by atoms with Gasteiger partial charge in [-0.3, -0.25) is 9.59 Å². The van der Waals surface area contributed by atoms with Crippen LogP contribution in [0, 0.1) is 0 Å². The average molecular weight is 340 g/mol. The van der Waals surface area contributed by atoms with E-state index in [1.165, 1.54) is 0 Å². The number of para-hydroxylation sites is 1. The van der Waals surface area contributed by atoms with Gasteiger partial charge in [-0.2, -0.15) is 0 Å². The van der Waals surface area contributed by atoms with Gasteiger partial charge in [0.2, 0.25) is 0 Å².